The Labute approximate surface area is 124 Å². The standard InChI is InChI=1S/C14H24N2O5/c1-13(2,3)8-10(17)15-9-11(18)16-6-4-14(21,5-7-16)12(19)20/h21H,4-9H2,1-3H3,(H,15,17)(H,19,20). The van der Waals surface area contributed by atoms with Gasteiger partial charge in [0.1, 0.15) is 0 Å². The molecule has 0 aromatic carbocycles. The van der Waals surface area contributed by atoms with Gasteiger partial charge in [-0.05, 0) is 5.41 Å². The Bertz CT molecular complexity index is 420. The molecule has 120 valence electrons. The molecule has 1 aliphatic rings. The van der Waals surface area contributed by atoms with E-state index in [2.05, 4.69) is 5.32 Å². The van der Waals surface area contributed by atoms with E-state index in [1.165, 1.54) is 4.90 Å². The maximum atomic E-state index is 11.9. The molecule has 0 aliphatic carbocycles. The first-order valence-electron chi connectivity index (χ1n) is 7.04. The fourth-order valence-electron chi connectivity index (χ4n) is 2.17. The average Bonchev–Trinajstić information content (AvgIpc) is 2.34. The number of nitrogens with zero attached hydrogens (tertiary/aromatic N) is 1. The van der Waals surface area contributed by atoms with Gasteiger partial charge in [-0.25, -0.2) is 4.79 Å². The van der Waals surface area contributed by atoms with Crippen LogP contribution in [0.4, 0.5) is 0 Å². The summed E-state index contributed by atoms with van der Waals surface area (Å²) in [7, 11) is 0. The summed E-state index contributed by atoms with van der Waals surface area (Å²) in [6, 6.07) is 0. The van der Waals surface area contributed by atoms with Crippen LogP contribution in [-0.2, 0) is 14.4 Å². The van der Waals surface area contributed by atoms with Gasteiger partial charge in [-0.3, -0.25) is 9.59 Å². The number of carbonyl (C=O) groups is 3. The Morgan fingerprint density at radius 3 is 2.14 bits per heavy atom. The lowest BCUT2D eigenvalue weighted by molar-refractivity contribution is -0.165. The van der Waals surface area contributed by atoms with Gasteiger partial charge in [0, 0.05) is 32.4 Å². The number of likely N-dealkylation sites (tertiary alicyclic amines) is 1. The smallest absolute Gasteiger partial charge is 0.335 e. The van der Waals surface area contributed by atoms with Gasteiger partial charge >= 0.3 is 5.97 Å². The van der Waals surface area contributed by atoms with Crippen molar-refractivity contribution >= 4 is 17.8 Å². The molecular formula is C14H24N2O5. The molecule has 3 N–H and O–H groups in total. The van der Waals surface area contributed by atoms with Crippen molar-refractivity contribution in [2.45, 2.75) is 45.6 Å². The Kier molecular flexibility index (Phi) is 5.33. The van der Waals surface area contributed by atoms with E-state index in [0.29, 0.717) is 6.42 Å². The molecule has 0 radical (unpaired) electrons. The number of amides is 2. The summed E-state index contributed by atoms with van der Waals surface area (Å²) < 4.78 is 0. The van der Waals surface area contributed by atoms with Crippen molar-refractivity contribution in [2.24, 2.45) is 5.41 Å². The molecule has 0 atom stereocenters. The van der Waals surface area contributed by atoms with Crippen LogP contribution in [0.5, 0.6) is 0 Å². The number of carboxylic acids is 1. The van der Waals surface area contributed by atoms with E-state index < -0.39 is 11.6 Å². The highest BCUT2D eigenvalue weighted by Gasteiger charge is 2.40. The highest BCUT2D eigenvalue weighted by Crippen LogP contribution is 2.22. The Morgan fingerprint density at radius 1 is 1.19 bits per heavy atom. The zero-order valence-electron chi connectivity index (χ0n) is 12.8. The van der Waals surface area contributed by atoms with Crippen molar-refractivity contribution in [1.82, 2.24) is 10.2 Å². The number of piperidine rings is 1. The molecule has 1 aliphatic heterocycles. The normalized spacial score (nSPS) is 18.2. The number of nitrogens with one attached hydrogen (secondary N) is 1. The highest BCUT2D eigenvalue weighted by molar-refractivity contribution is 5.85. The van der Waals surface area contributed by atoms with Crippen LogP contribution in [0.15, 0.2) is 0 Å². The molecule has 0 aromatic rings. The summed E-state index contributed by atoms with van der Waals surface area (Å²) in [6.07, 6.45) is 0.340. The van der Waals surface area contributed by atoms with Gasteiger partial charge in [-0.1, -0.05) is 20.8 Å². The van der Waals surface area contributed by atoms with Gasteiger partial charge in [0.05, 0.1) is 6.54 Å². The average molecular weight is 300 g/mol. The maximum Gasteiger partial charge on any atom is 0.335 e. The molecule has 1 rings (SSSR count). The van der Waals surface area contributed by atoms with Crippen molar-refractivity contribution in [3.05, 3.63) is 0 Å². The van der Waals surface area contributed by atoms with Crippen LogP contribution in [-0.4, -0.2) is 58.1 Å². The number of aliphatic carboxylic acids is 1. The first kappa shape index (κ1) is 17.4. The third-order valence-corrected chi connectivity index (χ3v) is 3.47. The topological polar surface area (TPSA) is 107 Å². The quantitative estimate of drug-likeness (QED) is 0.676. The van der Waals surface area contributed by atoms with Crippen LogP contribution < -0.4 is 5.32 Å². The second-order valence-electron chi connectivity index (χ2n) is 6.73. The van der Waals surface area contributed by atoms with Crippen LogP contribution >= 0.6 is 0 Å². The van der Waals surface area contributed by atoms with Crippen LogP contribution in [0.1, 0.15) is 40.0 Å². The summed E-state index contributed by atoms with van der Waals surface area (Å²) in [6.45, 7) is 6.07. The Balaban J connectivity index is 2.38. The SMILES string of the molecule is CC(C)(C)CC(=O)NCC(=O)N1CCC(O)(C(=O)O)CC1. The van der Waals surface area contributed by atoms with Crippen molar-refractivity contribution in [2.75, 3.05) is 19.6 Å². The molecular weight excluding hydrogens is 276 g/mol. The summed E-state index contributed by atoms with van der Waals surface area (Å²) >= 11 is 0. The van der Waals surface area contributed by atoms with Gasteiger partial charge in [0.2, 0.25) is 11.8 Å². The van der Waals surface area contributed by atoms with E-state index in [1.807, 2.05) is 20.8 Å². The number of aliphatic hydroxyl groups is 1. The zero-order chi connectivity index (χ0) is 16.3. The second-order valence-corrected chi connectivity index (χ2v) is 6.73. The number of hydrogen-bond donors (Lipinski definition) is 3. The molecule has 0 spiro atoms. The minimum Gasteiger partial charge on any atom is -0.479 e. The monoisotopic (exact) mass is 300 g/mol. The van der Waals surface area contributed by atoms with Crippen LogP contribution in [0, 0.1) is 5.41 Å². The third-order valence-electron chi connectivity index (χ3n) is 3.47. The molecule has 0 saturated carbocycles. The highest BCUT2D eigenvalue weighted by atomic mass is 16.4. The second kappa shape index (κ2) is 6.43. The van der Waals surface area contributed by atoms with Crippen LogP contribution in [0.25, 0.3) is 0 Å². The third kappa shape index (κ3) is 5.34. The minimum absolute atomic E-state index is 0.00398. The zero-order valence-corrected chi connectivity index (χ0v) is 12.8. The lowest BCUT2D eigenvalue weighted by atomic mass is 9.91. The van der Waals surface area contributed by atoms with Crippen LogP contribution in [0.2, 0.25) is 0 Å². The molecule has 21 heavy (non-hydrogen) atoms. The molecule has 0 bridgehead atoms. The molecule has 7 nitrogen and oxygen atoms in total. The van der Waals surface area contributed by atoms with E-state index >= 15 is 0 Å². The van der Waals surface area contributed by atoms with Gasteiger partial charge in [-0.2, -0.15) is 0 Å². The van der Waals surface area contributed by atoms with Gasteiger partial charge in [0.25, 0.3) is 0 Å². The van der Waals surface area contributed by atoms with Crippen molar-refractivity contribution in [3.8, 4) is 0 Å². The first-order valence-corrected chi connectivity index (χ1v) is 7.04. The van der Waals surface area contributed by atoms with Crippen molar-refractivity contribution in [1.29, 1.82) is 0 Å². The molecule has 7 heteroatoms. The first-order chi connectivity index (χ1) is 9.53. The minimum atomic E-state index is -1.74. The Morgan fingerprint density at radius 2 is 1.71 bits per heavy atom. The maximum absolute atomic E-state index is 11.9. The Hall–Kier alpha value is -1.63. The van der Waals surface area contributed by atoms with Crippen molar-refractivity contribution in [3.63, 3.8) is 0 Å². The number of hydrogen-bond acceptors (Lipinski definition) is 4. The molecule has 0 aromatic heterocycles. The van der Waals surface area contributed by atoms with Gasteiger partial charge < -0.3 is 20.4 Å². The molecule has 2 amide bonds. The van der Waals surface area contributed by atoms with E-state index in [0.717, 1.165) is 0 Å². The van der Waals surface area contributed by atoms with Gasteiger partial charge in [-0.15, -0.1) is 0 Å². The predicted molar refractivity (Wildman–Crippen MR) is 75.5 cm³/mol. The molecule has 0 unspecified atom stereocenters. The van der Waals surface area contributed by atoms with E-state index in [4.69, 9.17) is 5.11 Å². The van der Waals surface area contributed by atoms with E-state index in [1.54, 1.807) is 0 Å². The molecule has 1 heterocycles. The summed E-state index contributed by atoms with van der Waals surface area (Å²) in [5, 5.41) is 21.3. The summed E-state index contributed by atoms with van der Waals surface area (Å²) in [5.41, 5.74) is -1.89. The van der Waals surface area contributed by atoms with Gasteiger partial charge in [0.15, 0.2) is 5.60 Å². The number of rotatable bonds is 4. The van der Waals surface area contributed by atoms with Crippen molar-refractivity contribution < 1.29 is 24.6 Å². The molecule has 1 saturated heterocycles. The van der Waals surface area contributed by atoms with E-state index in [9.17, 15) is 19.5 Å². The number of carboxylic acid groups (broad SMARTS) is 1. The predicted octanol–water partition coefficient (Wildman–Crippen LogP) is -0.0231. The summed E-state index contributed by atoms with van der Waals surface area (Å²) in [5.74, 6) is -1.70. The number of carbonyl (C=O) groups excluding carboxylic acids is 2. The summed E-state index contributed by atoms with van der Waals surface area (Å²) in [4.78, 5) is 35.9. The fraction of sp³-hybridized carbons (Fsp3) is 0.786. The lowest BCUT2D eigenvalue weighted by Crippen LogP contribution is -2.52. The fourth-order valence-corrected chi connectivity index (χ4v) is 2.17. The largest absolute Gasteiger partial charge is 0.479 e. The lowest BCUT2D eigenvalue weighted by Gasteiger charge is -2.35. The van der Waals surface area contributed by atoms with E-state index in [-0.39, 0.29) is 49.7 Å². The van der Waals surface area contributed by atoms with Crippen LogP contribution in [0.3, 0.4) is 0 Å². The molecule has 1 fully saturated rings.